The lowest BCUT2D eigenvalue weighted by Gasteiger charge is -2.29. The summed E-state index contributed by atoms with van der Waals surface area (Å²) in [6.07, 6.45) is 0.0248. The van der Waals surface area contributed by atoms with Crippen molar-refractivity contribution in [2.75, 3.05) is 24.7 Å². The zero-order valence-electron chi connectivity index (χ0n) is 19.6. The fourth-order valence-corrected chi connectivity index (χ4v) is 4.18. The van der Waals surface area contributed by atoms with Crippen molar-refractivity contribution in [1.82, 2.24) is 10.6 Å². The van der Waals surface area contributed by atoms with Gasteiger partial charge in [-0.25, -0.2) is 9.59 Å². The van der Waals surface area contributed by atoms with E-state index in [1.807, 2.05) is 37.3 Å². The highest BCUT2D eigenvalue weighted by atomic mass is 16.5. The Bertz CT molecular complexity index is 1160. The van der Waals surface area contributed by atoms with Crippen molar-refractivity contribution in [2.45, 2.75) is 26.3 Å². The summed E-state index contributed by atoms with van der Waals surface area (Å²) in [7, 11) is 0. The number of carbonyl (C=O) groups excluding carboxylic acids is 4. The van der Waals surface area contributed by atoms with E-state index in [1.165, 1.54) is 0 Å². The normalized spacial score (nSPS) is 19.8. The maximum Gasteiger partial charge on any atom is 0.338 e. The third-order valence-electron chi connectivity index (χ3n) is 5.94. The molecule has 0 radical (unpaired) electrons. The minimum atomic E-state index is -0.761. The number of aryl methyl sites for hydroxylation is 1. The van der Waals surface area contributed by atoms with Gasteiger partial charge >= 0.3 is 18.0 Å². The molecule has 4 rings (SSSR count). The van der Waals surface area contributed by atoms with Crippen LogP contribution in [0.5, 0.6) is 0 Å². The van der Waals surface area contributed by atoms with Crippen LogP contribution in [0.3, 0.4) is 0 Å². The second kappa shape index (κ2) is 10.4. The largest absolute Gasteiger partial charge is 0.463 e. The average molecular weight is 478 g/mol. The fraction of sp³-hybridized carbons (Fsp3) is 0.308. The summed E-state index contributed by atoms with van der Waals surface area (Å²) in [5.41, 5.74) is 2.78. The van der Waals surface area contributed by atoms with Crippen molar-refractivity contribution in [3.63, 3.8) is 0 Å². The van der Waals surface area contributed by atoms with Gasteiger partial charge in [-0.1, -0.05) is 48.0 Å². The maximum atomic E-state index is 12.8. The first kappa shape index (κ1) is 24.0. The quantitative estimate of drug-likeness (QED) is 0.593. The van der Waals surface area contributed by atoms with Gasteiger partial charge in [0.15, 0.2) is 0 Å². The highest BCUT2D eigenvalue weighted by molar-refractivity contribution is 5.99. The summed E-state index contributed by atoms with van der Waals surface area (Å²) >= 11 is 0. The van der Waals surface area contributed by atoms with Crippen molar-refractivity contribution >= 4 is 29.6 Å². The Hall–Kier alpha value is -4.14. The molecule has 9 nitrogen and oxygen atoms in total. The average Bonchev–Trinajstić information content (AvgIpc) is 3.25. The molecule has 2 heterocycles. The van der Waals surface area contributed by atoms with E-state index < -0.39 is 29.9 Å². The van der Waals surface area contributed by atoms with Crippen LogP contribution < -0.4 is 15.5 Å². The van der Waals surface area contributed by atoms with Gasteiger partial charge in [0.25, 0.3) is 0 Å². The third-order valence-corrected chi connectivity index (χ3v) is 5.94. The minimum Gasteiger partial charge on any atom is -0.463 e. The van der Waals surface area contributed by atoms with Gasteiger partial charge in [0, 0.05) is 18.7 Å². The van der Waals surface area contributed by atoms with Crippen LogP contribution in [0.25, 0.3) is 0 Å². The van der Waals surface area contributed by atoms with Crippen LogP contribution in [-0.4, -0.2) is 43.6 Å². The van der Waals surface area contributed by atoms with Crippen molar-refractivity contribution in [2.24, 2.45) is 5.92 Å². The topological polar surface area (TPSA) is 114 Å². The number of carbonyl (C=O) groups is 4. The Kier molecular flexibility index (Phi) is 7.14. The fourth-order valence-electron chi connectivity index (χ4n) is 4.18. The number of anilines is 1. The zero-order valence-corrected chi connectivity index (χ0v) is 19.6. The summed E-state index contributed by atoms with van der Waals surface area (Å²) in [6, 6.07) is 15.2. The molecule has 0 bridgehead atoms. The highest BCUT2D eigenvalue weighted by Gasteiger charge is 2.38. The number of amides is 3. The first-order chi connectivity index (χ1) is 16.9. The molecule has 1 fully saturated rings. The number of ether oxygens (including phenoxy) is 2. The number of nitrogens with zero attached hydrogens (tertiary/aromatic N) is 1. The summed E-state index contributed by atoms with van der Waals surface area (Å²) in [6.45, 7) is 3.65. The van der Waals surface area contributed by atoms with Crippen LogP contribution in [0.15, 0.2) is 65.9 Å². The molecule has 2 aromatic rings. The number of urea groups is 1. The Morgan fingerprint density at radius 2 is 1.74 bits per heavy atom. The Balaban J connectivity index is 1.51. The summed E-state index contributed by atoms with van der Waals surface area (Å²) < 4.78 is 10.7. The SMILES string of the molecule is CCOC(=O)C1=C(COC(=O)[C@H]2CC(=O)N(c3ccc(C)cc3)C2)NC(=O)N[C@@H]1c1ccccc1. The molecule has 3 amide bonds. The molecule has 2 atom stereocenters. The standard InChI is InChI=1S/C26H27N3O6/c1-3-34-25(32)22-20(27-26(33)28-23(22)17-7-5-4-6-8-17)15-35-24(31)18-13-21(30)29(14-18)19-11-9-16(2)10-12-19/h4-12,18,23H,3,13-15H2,1-2H3,(H2,27,28,33)/t18-,23+/m0/s1. The highest BCUT2D eigenvalue weighted by Crippen LogP contribution is 2.29. The Morgan fingerprint density at radius 3 is 2.43 bits per heavy atom. The first-order valence-electron chi connectivity index (χ1n) is 11.4. The van der Waals surface area contributed by atoms with Crippen LogP contribution in [0.2, 0.25) is 0 Å². The van der Waals surface area contributed by atoms with Gasteiger partial charge < -0.3 is 25.0 Å². The molecular formula is C26H27N3O6. The minimum absolute atomic E-state index is 0.0248. The molecule has 1 saturated heterocycles. The molecule has 0 aliphatic carbocycles. The Morgan fingerprint density at radius 1 is 1.03 bits per heavy atom. The maximum absolute atomic E-state index is 12.8. The third kappa shape index (κ3) is 5.34. The van der Waals surface area contributed by atoms with E-state index in [1.54, 1.807) is 36.1 Å². The second-order valence-electron chi connectivity index (χ2n) is 8.40. The Labute approximate surface area is 203 Å². The van der Waals surface area contributed by atoms with E-state index in [2.05, 4.69) is 10.6 Å². The molecule has 2 aliphatic heterocycles. The molecule has 2 N–H and O–H groups in total. The van der Waals surface area contributed by atoms with Crippen LogP contribution in [0.1, 0.15) is 30.5 Å². The van der Waals surface area contributed by atoms with Crippen LogP contribution in [0.4, 0.5) is 10.5 Å². The lowest BCUT2D eigenvalue weighted by atomic mass is 9.95. The summed E-state index contributed by atoms with van der Waals surface area (Å²) in [5.74, 6) is -2.02. The molecule has 35 heavy (non-hydrogen) atoms. The van der Waals surface area contributed by atoms with Gasteiger partial charge in [0.1, 0.15) is 6.61 Å². The van der Waals surface area contributed by atoms with Gasteiger partial charge in [0.05, 0.1) is 29.8 Å². The molecule has 2 aromatic carbocycles. The molecule has 182 valence electrons. The van der Waals surface area contributed by atoms with Crippen molar-refractivity contribution in [3.05, 3.63) is 77.0 Å². The van der Waals surface area contributed by atoms with Crippen molar-refractivity contribution < 1.29 is 28.7 Å². The summed E-state index contributed by atoms with van der Waals surface area (Å²) in [4.78, 5) is 52.1. The number of esters is 2. The molecule has 0 unspecified atom stereocenters. The first-order valence-corrected chi connectivity index (χ1v) is 11.4. The molecule has 0 aromatic heterocycles. The van der Waals surface area contributed by atoms with E-state index >= 15 is 0 Å². The number of nitrogens with one attached hydrogen (secondary N) is 2. The molecule has 2 aliphatic rings. The second-order valence-corrected chi connectivity index (χ2v) is 8.40. The van der Waals surface area contributed by atoms with Gasteiger partial charge in [-0.05, 0) is 31.5 Å². The van der Waals surface area contributed by atoms with E-state index in [0.29, 0.717) is 5.56 Å². The summed E-state index contributed by atoms with van der Waals surface area (Å²) in [5, 5.41) is 5.30. The lowest BCUT2D eigenvalue weighted by molar-refractivity contribution is -0.147. The predicted octanol–water partition coefficient (Wildman–Crippen LogP) is 2.76. The number of rotatable bonds is 7. The predicted molar refractivity (Wildman–Crippen MR) is 127 cm³/mol. The molecular weight excluding hydrogens is 450 g/mol. The van der Waals surface area contributed by atoms with Gasteiger partial charge in [-0.2, -0.15) is 0 Å². The van der Waals surface area contributed by atoms with Crippen molar-refractivity contribution in [3.8, 4) is 0 Å². The van der Waals surface area contributed by atoms with E-state index in [4.69, 9.17) is 9.47 Å². The molecule has 0 spiro atoms. The van der Waals surface area contributed by atoms with Gasteiger partial charge in [-0.15, -0.1) is 0 Å². The number of hydrogen-bond acceptors (Lipinski definition) is 6. The van der Waals surface area contributed by atoms with Crippen LogP contribution >= 0.6 is 0 Å². The van der Waals surface area contributed by atoms with E-state index in [0.717, 1.165) is 11.3 Å². The lowest BCUT2D eigenvalue weighted by Crippen LogP contribution is -2.47. The molecule has 9 heteroatoms. The van der Waals surface area contributed by atoms with Crippen molar-refractivity contribution in [1.29, 1.82) is 0 Å². The molecule has 0 saturated carbocycles. The van der Waals surface area contributed by atoms with E-state index in [9.17, 15) is 19.2 Å². The van der Waals surface area contributed by atoms with Gasteiger partial charge in [-0.3, -0.25) is 9.59 Å². The monoisotopic (exact) mass is 477 g/mol. The number of hydrogen-bond donors (Lipinski definition) is 2. The van der Waals surface area contributed by atoms with E-state index in [-0.39, 0.29) is 43.4 Å². The smallest absolute Gasteiger partial charge is 0.338 e. The van der Waals surface area contributed by atoms with Crippen LogP contribution in [0, 0.1) is 12.8 Å². The zero-order chi connectivity index (χ0) is 24.9. The number of benzene rings is 2. The van der Waals surface area contributed by atoms with Gasteiger partial charge in [0.2, 0.25) is 5.91 Å². The van der Waals surface area contributed by atoms with Crippen LogP contribution in [-0.2, 0) is 23.9 Å².